The van der Waals surface area contributed by atoms with E-state index in [1.165, 1.54) is 12.1 Å². The van der Waals surface area contributed by atoms with Gasteiger partial charge in [0.1, 0.15) is 17.7 Å². The Morgan fingerprint density at radius 1 is 0.941 bits per heavy atom. The minimum absolute atomic E-state index is 0.125. The fraction of sp³-hybridized carbons (Fsp3) is 0.308. The van der Waals surface area contributed by atoms with E-state index in [1.807, 2.05) is 6.07 Å². The number of fused-ring (bicyclic) bond motifs is 1. The number of H-pyrrole nitrogens is 1. The summed E-state index contributed by atoms with van der Waals surface area (Å²) in [6.07, 6.45) is 1.72. The molecule has 1 N–H and O–H groups in total. The number of benzene rings is 2. The number of aromatic nitrogens is 3. The number of pyridine rings is 1. The maximum absolute atomic E-state index is 15.0. The van der Waals surface area contributed by atoms with Crippen molar-refractivity contribution < 1.29 is 22.3 Å². The van der Waals surface area contributed by atoms with E-state index in [4.69, 9.17) is 4.74 Å². The maximum atomic E-state index is 15.0. The van der Waals surface area contributed by atoms with Crippen molar-refractivity contribution in [2.24, 2.45) is 5.92 Å². The first-order chi connectivity index (χ1) is 16.3. The summed E-state index contributed by atoms with van der Waals surface area (Å²) in [5, 5.41) is 0. The zero-order chi connectivity index (χ0) is 23.9. The van der Waals surface area contributed by atoms with E-state index < -0.39 is 17.6 Å². The van der Waals surface area contributed by atoms with Crippen LogP contribution in [0.4, 0.5) is 17.6 Å². The summed E-state index contributed by atoms with van der Waals surface area (Å²) in [4.78, 5) is 11.4. The van der Waals surface area contributed by atoms with E-state index >= 15 is 0 Å². The third-order valence-electron chi connectivity index (χ3n) is 6.35. The molecular weight excluding hydrogens is 446 g/mol. The van der Waals surface area contributed by atoms with Crippen LogP contribution in [0.25, 0.3) is 33.5 Å². The predicted molar refractivity (Wildman–Crippen MR) is 122 cm³/mol. The standard InChI is InChI=1S/C26H23F4N3O/c1-15-2-7-19(8-3-15)34-24-11-5-17(14-31-24)16-4-9-20(21(27)12-16)25-32-22-10-6-18(26(28,29)30)13-23(22)33-25/h4-6,9-15,19H,2-3,7-8H2,1H3,(H,32,33)/t15-,19-. The lowest BCUT2D eigenvalue weighted by Crippen LogP contribution is -2.23. The molecule has 1 saturated carbocycles. The van der Waals surface area contributed by atoms with Crippen molar-refractivity contribution in [3.05, 3.63) is 66.1 Å². The van der Waals surface area contributed by atoms with Crippen LogP contribution < -0.4 is 4.74 Å². The van der Waals surface area contributed by atoms with Gasteiger partial charge in [-0.05, 0) is 73.6 Å². The Labute approximate surface area is 194 Å². The van der Waals surface area contributed by atoms with Gasteiger partial charge in [0.15, 0.2) is 0 Å². The Kier molecular flexibility index (Phi) is 5.75. The highest BCUT2D eigenvalue weighted by molar-refractivity contribution is 5.80. The summed E-state index contributed by atoms with van der Waals surface area (Å²) >= 11 is 0. The zero-order valence-electron chi connectivity index (χ0n) is 18.5. The largest absolute Gasteiger partial charge is 0.474 e. The van der Waals surface area contributed by atoms with Gasteiger partial charge >= 0.3 is 6.18 Å². The first-order valence-electron chi connectivity index (χ1n) is 11.3. The Morgan fingerprint density at radius 2 is 1.71 bits per heavy atom. The number of nitrogens with zero attached hydrogens (tertiary/aromatic N) is 2. The highest BCUT2D eigenvalue weighted by Gasteiger charge is 2.31. The summed E-state index contributed by atoms with van der Waals surface area (Å²) in [6, 6.07) is 11.5. The van der Waals surface area contributed by atoms with Crippen LogP contribution in [-0.4, -0.2) is 21.1 Å². The fourth-order valence-corrected chi connectivity index (χ4v) is 4.34. The van der Waals surface area contributed by atoms with Crippen LogP contribution in [0, 0.1) is 11.7 Å². The summed E-state index contributed by atoms with van der Waals surface area (Å²) < 4.78 is 59.8. The Bertz CT molecular complexity index is 1310. The second-order valence-corrected chi connectivity index (χ2v) is 8.89. The third-order valence-corrected chi connectivity index (χ3v) is 6.35. The quantitative estimate of drug-likeness (QED) is 0.317. The lowest BCUT2D eigenvalue weighted by Gasteiger charge is -2.26. The van der Waals surface area contributed by atoms with Gasteiger partial charge in [0.25, 0.3) is 0 Å². The monoisotopic (exact) mass is 469 g/mol. The molecule has 176 valence electrons. The molecule has 4 nitrogen and oxygen atoms in total. The molecule has 0 radical (unpaired) electrons. The first kappa shape index (κ1) is 22.4. The minimum atomic E-state index is -4.47. The van der Waals surface area contributed by atoms with Crippen molar-refractivity contribution in [3.8, 4) is 28.4 Å². The zero-order valence-corrected chi connectivity index (χ0v) is 18.5. The van der Waals surface area contributed by atoms with Gasteiger partial charge in [-0.3, -0.25) is 0 Å². The van der Waals surface area contributed by atoms with Gasteiger partial charge in [0, 0.05) is 17.8 Å². The molecule has 4 aromatic rings. The van der Waals surface area contributed by atoms with E-state index in [0.29, 0.717) is 17.0 Å². The second-order valence-electron chi connectivity index (χ2n) is 8.89. The average molecular weight is 469 g/mol. The molecule has 2 aromatic heterocycles. The normalized spacial score (nSPS) is 18.9. The minimum Gasteiger partial charge on any atom is -0.474 e. The van der Waals surface area contributed by atoms with E-state index in [0.717, 1.165) is 49.3 Å². The smallest absolute Gasteiger partial charge is 0.416 e. The van der Waals surface area contributed by atoms with Crippen molar-refractivity contribution in [1.82, 2.24) is 15.0 Å². The van der Waals surface area contributed by atoms with Gasteiger partial charge < -0.3 is 9.72 Å². The predicted octanol–water partition coefficient (Wildman–Crippen LogP) is 7.41. The number of ether oxygens (including phenoxy) is 1. The molecule has 1 aliphatic rings. The van der Waals surface area contributed by atoms with Crippen molar-refractivity contribution in [1.29, 1.82) is 0 Å². The first-order valence-corrected chi connectivity index (χ1v) is 11.3. The van der Waals surface area contributed by atoms with Crippen LogP contribution >= 0.6 is 0 Å². The van der Waals surface area contributed by atoms with E-state index in [1.54, 1.807) is 24.4 Å². The molecular formula is C26H23F4N3O. The number of halogens is 4. The lowest BCUT2D eigenvalue weighted by atomic mass is 9.89. The van der Waals surface area contributed by atoms with Gasteiger partial charge in [-0.1, -0.05) is 13.0 Å². The Hall–Kier alpha value is -3.42. The number of aromatic amines is 1. The van der Waals surface area contributed by atoms with Gasteiger partial charge in [0.05, 0.1) is 22.2 Å². The number of alkyl halides is 3. The molecule has 0 spiro atoms. The summed E-state index contributed by atoms with van der Waals surface area (Å²) in [7, 11) is 0. The lowest BCUT2D eigenvalue weighted by molar-refractivity contribution is -0.137. The van der Waals surface area contributed by atoms with Gasteiger partial charge in [-0.15, -0.1) is 0 Å². The van der Waals surface area contributed by atoms with Crippen molar-refractivity contribution in [3.63, 3.8) is 0 Å². The third kappa shape index (κ3) is 4.62. The van der Waals surface area contributed by atoms with Crippen molar-refractivity contribution in [2.45, 2.75) is 44.9 Å². The fourth-order valence-electron chi connectivity index (χ4n) is 4.34. The van der Waals surface area contributed by atoms with E-state index in [2.05, 4.69) is 21.9 Å². The van der Waals surface area contributed by atoms with Crippen molar-refractivity contribution >= 4 is 11.0 Å². The molecule has 1 fully saturated rings. The topological polar surface area (TPSA) is 50.8 Å². The van der Waals surface area contributed by atoms with Gasteiger partial charge in [-0.25, -0.2) is 14.4 Å². The second kappa shape index (κ2) is 8.74. The number of rotatable bonds is 4. The number of imidazole rings is 1. The van der Waals surface area contributed by atoms with Crippen molar-refractivity contribution in [2.75, 3.05) is 0 Å². The van der Waals surface area contributed by atoms with Crippen LogP contribution in [0.1, 0.15) is 38.2 Å². The van der Waals surface area contributed by atoms with Crippen LogP contribution in [0.5, 0.6) is 5.88 Å². The Morgan fingerprint density at radius 3 is 2.38 bits per heavy atom. The molecule has 34 heavy (non-hydrogen) atoms. The number of nitrogens with one attached hydrogen (secondary N) is 1. The molecule has 2 aromatic carbocycles. The molecule has 0 bridgehead atoms. The summed E-state index contributed by atoms with van der Waals surface area (Å²) in [6.45, 7) is 2.26. The van der Waals surface area contributed by atoms with Crippen LogP contribution in [0.3, 0.4) is 0 Å². The van der Waals surface area contributed by atoms with Crippen LogP contribution in [-0.2, 0) is 6.18 Å². The summed E-state index contributed by atoms with van der Waals surface area (Å²) in [5.41, 5.74) is 1.26. The van der Waals surface area contributed by atoms with E-state index in [9.17, 15) is 17.6 Å². The molecule has 5 rings (SSSR count). The highest BCUT2D eigenvalue weighted by Crippen LogP contribution is 2.33. The Balaban J connectivity index is 1.34. The highest BCUT2D eigenvalue weighted by atomic mass is 19.4. The molecule has 0 saturated heterocycles. The van der Waals surface area contributed by atoms with Gasteiger partial charge in [0.2, 0.25) is 5.88 Å². The van der Waals surface area contributed by atoms with Crippen LogP contribution in [0.15, 0.2) is 54.7 Å². The molecule has 0 amide bonds. The molecule has 2 heterocycles. The maximum Gasteiger partial charge on any atom is 0.416 e. The molecule has 0 aliphatic heterocycles. The molecule has 0 atom stereocenters. The number of hydrogen-bond acceptors (Lipinski definition) is 3. The van der Waals surface area contributed by atoms with Gasteiger partial charge in [-0.2, -0.15) is 13.2 Å². The molecule has 8 heteroatoms. The number of hydrogen-bond donors (Lipinski definition) is 1. The molecule has 0 unspecified atom stereocenters. The summed E-state index contributed by atoms with van der Waals surface area (Å²) in [5.74, 6) is 0.928. The average Bonchev–Trinajstić information content (AvgIpc) is 3.23. The molecule has 1 aliphatic carbocycles. The SMILES string of the molecule is C[C@H]1CC[C@H](Oc2ccc(-c3ccc(-c4nc5cc(C(F)(F)F)ccc5[nH]4)c(F)c3)cn2)CC1. The van der Waals surface area contributed by atoms with Crippen LogP contribution in [0.2, 0.25) is 0 Å². The van der Waals surface area contributed by atoms with E-state index in [-0.39, 0.29) is 23.0 Å².